The molecule has 0 bridgehead atoms. The highest BCUT2D eigenvalue weighted by Crippen LogP contribution is 2.20. The van der Waals surface area contributed by atoms with Crippen LogP contribution in [0.3, 0.4) is 0 Å². The maximum atomic E-state index is 11.9. The van der Waals surface area contributed by atoms with Crippen LogP contribution in [0.5, 0.6) is 5.75 Å². The quantitative estimate of drug-likeness (QED) is 0.621. The van der Waals surface area contributed by atoms with Crippen LogP contribution >= 0.6 is 11.6 Å². The van der Waals surface area contributed by atoms with E-state index in [1.54, 1.807) is 43.5 Å². The predicted octanol–water partition coefficient (Wildman–Crippen LogP) is 3.42. The molecule has 1 N–H and O–H groups in total. The molecule has 0 aliphatic carbocycles. The fraction of sp³-hybridized carbons (Fsp3) is 0.105. The first-order valence-electron chi connectivity index (χ1n) is 7.50. The van der Waals surface area contributed by atoms with Gasteiger partial charge in [0.25, 0.3) is 5.91 Å². The summed E-state index contributed by atoms with van der Waals surface area (Å²) in [6.45, 7) is -0.483. The normalized spacial score (nSPS) is 10.2. The van der Waals surface area contributed by atoms with E-state index in [0.717, 1.165) is 5.56 Å². The summed E-state index contributed by atoms with van der Waals surface area (Å²) in [6, 6.07) is 13.5. The molecule has 1 amide bonds. The molecular formula is C19H15ClN2O4. The number of hydrogen-bond acceptors (Lipinski definition) is 5. The molecule has 2 rings (SSSR count). The number of rotatable bonds is 6. The SMILES string of the molecule is COc1ccc(C=CC(=O)OCC(=O)Nc2cc(Cl)ccc2C#N)cc1. The summed E-state index contributed by atoms with van der Waals surface area (Å²) in [5, 5.41) is 11.9. The van der Waals surface area contributed by atoms with Crippen LogP contribution in [0.2, 0.25) is 5.02 Å². The number of nitrogens with one attached hydrogen (secondary N) is 1. The lowest BCUT2D eigenvalue weighted by Crippen LogP contribution is -2.20. The molecule has 0 aliphatic rings. The van der Waals surface area contributed by atoms with E-state index in [4.69, 9.17) is 26.3 Å². The summed E-state index contributed by atoms with van der Waals surface area (Å²) >= 11 is 5.84. The zero-order chi connectivity index (χ0) is 18.9. The van der Waals surface area contributed by atoms with Gasteiger partial charge in [-0.25, -0.2) is 4.79 Å². The molecule has 6 nitrogen and oxygen atoms in total. The standard InChI is InChI=1S/C19H15ClN2O4/c1-25-16-7-2-13(3-8-16)4-9-19(24)26-12-18(23)22-17-10-15(20)6-5-14(17)11-21/h2-10H,12H2,1H3,(H,22,23). The van der Waals surface area contributed by atoms with Crippen LogP contribution in [-0.2, 0) is 14.3 Å². The van der Waals surface area contributed by atoms with Crippen molar-refractivity contribution in [2.75, 3.05) is 19.0 Å². The monoisotopic (exact) mass is 370 g/mol. The van der Waals surface area contributed by atoms with Gasteiger partial charge in [-0.1, -0.05) is 23.7 Å². The maximum Gasteiger partial charge on any atom is 0.331 e. The number of methoxy groups -OCH3 is 1. The van der Waals surface area contributed by atoms with Crippen LogP contribution in [-0.4, -0.2) is 25.6 Å². The average Bonchev–Trinajstić information content (AvgIpc) is 2.65. The molecule has 0 aromatic heterocycles. The number of carbonyl (C=O) groups is 2. The van der Waals surface area contributed by atoms with E-state index in [9.17, 15) is 9.59 Å². The third-order valence-electron chi connectivity index (χ3n) is 3.25. The van der Waals surface area contributed by atoms with E-state index < -0.39 is 18.5 Å². The van der Waals surface area contributed by atoms with Gasteiger partial charge in [-0.2, -0.15) is 5.26 Å². The molecule has 26 heavy (non-hydrogen) atoms. The molecule has 0 saturated carbocycles. The van der Waals surface area contributed by atoms with Gasteiger partial charge in [0.05, 0.1) is 18.4 Å². The van der Waals surface area contributed by atoms with E-state index in [2.05, 4.69) is 5.32 Å². The fourth-order valence-electron chi connectivity index (χ4n) is 1.97. The summed E-state index contributed by atoms with van der Waals surface area (Å²) in [6.07, 6.45) is 2.78. The minimum Gasteiger partial charge on any atom is -0.497 e. The second-order valence-electron chi connectivity index (χ2n) is 5.06. The van der Waals surface area contributed by atoms with Gasteiger partial charge >= 0.3 is 5.97 Å². The molecule has 0 fully saturated rings. The number of nitriles is 1. The number of hydrogen-bond donors (Lipinski definition) is 1. The zero-order valence-electron chi connectivity index (χ0n) is 13.9. The first-order chi connectivity index (χ1) is 12.5. The number of carbonyl (C=O) groups excluding carboxylic acids is 2. The molecule has 0 heterocycles. The molecule has 0 unspecified atom stereocenters. The van der Waals surface area contributed by atoms with Crippen molar-refractivity contribution < 1.29 is 19.1 Å². The van der Waals surface area contributed by atoms with Crippen LogP contribution in [0.1, 0.15) is 11.1 Å². The summed E-state index contributed by atoms with van der Waals surface area (Å²) in [4.78, 5) is 23.5. The van der Waals surface area contributed by atoms with Gasteiger partial charge < -0.3 is 14.8 Å². The summed E-state index contributed by atoms with van der Waals surface area (Å²) in [5.74, 6) is -0.531. The Kier molecular flexibility index (Phi) is 6.77. The van der Waals surface area contributed by atoms with E-state index in [1.165, 1.54) is 18.2 Å². The zero-order valence-corrected chi connectivity index (χ0v) is 14.6. The predicted molar refractivity (Wildman–Crippen MR) is 97.8 cm³/mol. The van der Waals surface area contributed by atoms with Crippen LogP contribution < -0.4 is 10.1 Å². The van der Waals surface area contributed by atoms with Crippen molar-refractivity contribution in [3.63, 3.8) is 0 Å². The van der Waals surface area contributed by atoms with Crippen molar-refractivity contribution in [2.45, 2.75) is 0 Å². The Labute approximate surface area is 155 Å². The lowest BCUT2D eigenvalue weighted by atomic mass is 10.2. The first-order valence-corrected chi connectivity index (χ1v) is 7.88. The van der Waals surface area contributed by atoms with Gasteiger partial charge in [0.15, 0.2) is 6.61 Å². The molecule has 132 valence electrons. The third-order valence-corrected chi connectivity index (χ3v) is 3.48. The number of nitrogens with zero attached hydrogens (tertiary/aromatic N) is 1. The third kappa shape index (κ3) is 5.65. The summed E-state index contributed by atoms with van der Waals surface area (Å²) < 4.78 is 9.91. The van der Waals surface area contributed by atoms with Crippen molar-refractivity contribution in [3.05, 3.63) is 64.7 Å². The minimum absolute atomic E-state index is 0.258. The molecule has 0 radical (unpaired) electrons. The van der Waals surface area contributed by atoms with Crippen LogP contribution in [0.15, 0.2) is 48.5 Å². The second-order valence-corrected chi connectivity index (χ2v) is 5.50. The molecule has 2 aromatic carbocycles. The Morgan fingerprint density at radius 2 is 1.96 bits per heavy atom. The molecule has 7 heteroatoms. The Bertz CT molecular complexity index is 870. The molecular weight excluding hydrogens is 356 g/mol. The van der Waals surface area contributed by atoms with Crippen LogP contribution in [0.25, 0.3) is 6.08 Å². The molecule has 2 aromatic rings. The van der Waals surface area contributed by atoms with Crippen molar-refractivity contribution >= 4 is 35.2 Å². The lowest BCUT2D eigenvalue weighted by molar-refractivity contribution is -0.142. The van der Waals surface area contributed by atoms with Crippen molar-refractivity contribution in [1.29, 1.82) is 5.26 Å². The highest BCUT2D eigenvalue weighted by molar-refractivity contribution is 6.31. The number of amides is 1. The van der Waals surface area contributed by atoms with Gasteiger partial charge in [-0.15, -0.1) is 0 Å². The second kappa shape index (κ2) is 9.25. The van der Waals surface area contributed by atoms with Crippen LogP contribution in [0.4, 0.5) is 5.69 Å². The van der Waals surface area contributed by atoms with E-state index >= 15 is 0 Å². The molecule has 0 aliphatic heterocycles. The van der Waals surface area contributed by atoms with E-state index in [1.807, 2.05) is 6.07 Å². The van der Waals surface area contributed by atoms with E-state index in [-0.39, 0.29) is 11.3 Å². The number of ether oxygens (including phenoxy) is 2. The van der Waals surface area contributed by atoms with Gasteiger partial charge in [-0.05, 0) is 42.0 Å². The number of esters is 1. The Morgan fingerprint density at radius 1 is 1.23 bits per heavy atom. The van der Waals surface area contributed by atoms with Crippen molar-refractivity contribution in [1.82, 2.24) is 0 Å². The fourth-order valence-corrected chi connectivity index (χ4v) is 2.14. The molecule has 0 spiro atoms. The largest absolute Gasteiger partial charge is 0.497 e. The Morgan fingerprint density at radius 3 is 2.62 bits per heavy atom. The van der Waals surface area contributed by atoms with Gasteiger partial charge in [-0.3, -0.25) is 4.79 Å². The number of halogens is 1. The summed E-state index contributed by atoms with van der Waals surface area (Å²) in [5.41, 5.74) is 1.30. The smallest absolute Gasteiger partial charge is 0.331 e. The number of benzene rings is 2. The van der Waals surface area contributed by atoms with Crippen molar-refractivity contribution in [3.8, 4) is 11.8 Å². The lowest BCUT2D eigenvalue weighted by Gasteiger charge is -2.07. The Balaban J connectivity index is 1.86. The summed E-state index contributed by atoms with van der Waals surface area (Å²) in [7, 11) is 1.57. The maximum absolute atomic E-state index is 11.9. The number of anilines is 1. The minimum atomic E-state index is -0.664. The topological polar surface area (TPSA) is 88.4 Å². The molecule has 0 saturated heterocycles. The highest BCUT2D eigenvalue weighted by atomic mass is 35.5. The first kappa shape index (κ1) is 19.0. The van der Waals surface area contributed by atoms with Gasteiger partial charge in [0.1, 0.15) is 11.8 Å². The average molecular weight is 371 g/mol. The van der Waals surface area contributed by atoms with Gasteiger partial charge in [0, 0.05) is 11.1 Å². The van der Waals surface area contributed by atoms with Crippen LogP contribution in [0, 0.1) is 11.3 Å². The van der Waals surface area contributed by atoms with Gasteiger partial charge in [0.2, 0.25) is 0 Å². The highest BCUT2D eigenvalue weighted by Gasteiger charge is 2.09. The Hall–Kier alpha value is -3.30. The van der Waals surface area contributed by atoms with E-state index in [0.29, 0.717) is 10.8 Å². The molecule has 0 atom stereocenters. The van der Waals surface area contributed by atoms with Crippen molar-refractivity contribution in [2.24, 2.45) is 0 Å².